The van der Waals surface area contributed by atoms with Crippen LogP contribution in [0.1, 0.15) is 46.1 Å². The molecular formula is C23H24F3N5O4. The number of amides is 2. The zero-order valence-electron chi connectivity index (χ0n) is 19.1. The molecule has 2 heterocycles. The van der Waals surface area contributed by atoms with Gasteiger partial charge in [-0.1, -0.05) is 32.0 Å². The average molecular weight is 491 g/mol. The molecule has 0 saturated carbocycles. The van der Waals surface area contributed by atoms with Crippen LogP contribution in [0.4, 0.5) is 13.2 Å². The van der Waals surface area contributed by atoms with Crippen LogP contribution in [0.2, 0.25) is 0 Å². The van der Waals surface area contributed by atoms with Gasteiger partial charge in [0.15, 0.2) is 17.0 Å². The second-order valence-electron chi connectivity index (χ2n) is 8.30. The van der Waals surface area contributed by atoms with Crippen molar-refractivity contribution in [3.8, 4) is 11.3 Å². The van der Waals surface area contributed by atoms with Gasteiger partial charge in [-0.2, -0.15) is 18.3 Å². The summed E-state index contributed by atoms with van der Waals surface area (Å²) in [5, 5.41) is 5.87. The van der Waals surface area contributed by atoms with Crippen LogP contribution in [0, 0.1) is 5.92 Å². The van der Waals surface area contributed by atoms with Crippen LogP contribution < -0.4 is 16.8 Å². The van der Waals surface area contributed by atoms with E-state index < -0.39 is 40.9 Å². The molecule has 35 heavy (non-hydrogen) atoms. The lowest BCUT2D eigenvalue weighted by Crippen LogP contribution is -2.61. The summed E-state index contributed by atoms with van der Waals surface area (Å²) >= 11 is 0. The minimum Gasteiger partial charge on any atom is -0.453 e. The maximum atomic E-state index is 12.8. The number of rotatable bonds is 8. The largest absolute Gasteiger partial charge is 0.453 e. The first-order valence-corrected chi connectivity index (χ1v) is 10.5. The van der Waals surface area contributed by atoms with Crippen LogP contribution in [0.3, 0.4) is 0 Å². The molecule has 3 rings (SSSR count). The Bertz CT molecular complexity index is 1280. The fourth-order valence-corrected chi connectivity index (χ4v) is 3.40. The molecule has 5 N–H and O–H groups in total. The lowest BCUT2D eigenvalue weighted by molar-refractivity contribution is -0.141. The Morgan fingerprint density at radius 1 is 1.14 bits per heavy atom. The van der Waals surface area contributed by atoms with Crippen molar-refractivity contribution in [2.24, 2.45) is 24.4 Å². The molecule has 3 aromatic rings. The highest BCUT2D eigenvalue weighted by molar-refractivity contribution is 6.16. The number of aryl methyl sites for hydroxylation is 1. The molecule has 1 atom stereocenters. The Morgan fingerprint density at radius 3 is 2.40 bits per heavy atom. The number of ketones is 1. The molecule has 9 nitrogen and oxygen atoms in total. The predicted molar refractivity (Wildman–Crippen MR) is 119 cm³/mol. The standard InChI is InChI=1S/C23H24F3N5O4/c1-12(2)22(28,21(27)34)19(32)17-8-7-16(35-17)14-6-4-5-13(9-14)11-29-20(33)15-10-18(23(24,25)26)30-31(15)3/h4-10,12H,11,28H2,1-3H3,(H2,27,34)(H,29,33)/t22-/m1/s1. The van der Waals surface area contributed by atoms with E-state index in [0.717, 1.165) is 4.68 Å². The van der Waals surface area contributed by atoms with Crippen molar-refractivity contribution in [2.75, 3.05) is 0 Å². The van der Waals surface area contributed by atoms with Gasteiger partial charge in [0.1, 0.15) is 11.5 Å². The predicted octanol–water partition coefficient (Wildman–Crippen LogP) is 2.65. The summed E-state index contributed by atoms with van der Waals surface area (Å²) in [5.41, 5.74) is 9.19. The van der Waals surface area contributed by atoms with E-state index in [-0.39, 0.29) is 18.0 Å². The molecule has 2 aromatic heterocycles. The number of halogens is 3. The normalized spacial score (nSPS) is 13.5. The summed E-state index contributed by atoms with van der Waals surface area (Å²) in [6.07, 6.45) is -4.66. The van der Waals surface area contributed by atoms with Gasteiger partial charge in [0.2, 0.25) is 11.7 Å². The lowest BCUT2D eigenvalue weighted by Gasteiger charge is -2.27. The van der Waals surface area contributed by atoms with Gasteiger partial charge < -0.3 is 21.2 Å². The summed E-state index contributed by atoms with van der Waals surface area (Å²) in [5.74, 6) is -2.84. The fourth-order valence-electron chi connectivity index (χ4n) is 3.40. The Kier molecular flexibility index (Phi) is 6.88. The molecular weight excluding hydrogens is 467 g/mol. The molecule has 0 saturated heterocycles. The summed E-state index contributed by atoms with van der Waals surface area (Å²) in [6, 6.07) is 10.3. The van der Waals surface area contributed by atoms with E-state index in [2.05, 4.69) is 10.4 Å². The number of alkyl halides is 3. The summed E-state index contributed by atoms with van der Waals surface area (Å²) < 4.78 is 45.0. The monoisotopic (exact) mass is 491 g/mol. The van der Waals surface area contributed by atoms with Crippen LogP contribution in [-0.4, -0.2) is 32.9 Å². The van der Waals surface area contributed by atoms with E-state index in [9.17, 15) is 27.6 Å². The highest BCUT2D eigenvalue weighted by Gasteiger charge is 2.45. The molecule has 2 amide bonds. The Labute approximate surface area is 198 Å². The number of benzene rings is 1. The van der Waals surface area contributed by atoms with E-state index in [1.165, 1.54) is 19.2 Å². The fraction of sp³-hybridized carbons (Fsp3) is 0.304. The molecule has 0 fully saturated rings. The number of nitrogens with zero attached hydrogens (tertiary/aromatic N) is 2. The van der Waals surface area contributed by atoms with Crippen molar-refractivity contribution in [2.45, 2.75) is 32.1 Å². The number of hydrogen-bond donors (Lipinski definition) is 3. The number of aromatic nitrogens is 2. The Hall–Kier alpha value is -3.93. The third-order valence-electron chi connectivity index (χ3n) is 5.59. The van der Waals surface area contributed by atoms with Crippen molar-refractivity contribution in [3.63, 3.8) is 0 Å². The summed E-state index contributed by atoms with van der Waals surface area (Å²) in [7, 11) is 1.24. The van der Waals surface area contributed by atoms with Gasteiger partial charge >= 0.3 is 6.18 Å². The second-order valence-corrected chi connectivity index (χ2v) is 8.30. The van der Waals surface area contributed by atoms with E-state index in [1.54, 1.807) is 38.1 Å². The quantitative estimate of drug-likeness (QED) is 0.326. The van der Waals surface area contributed by atoms with Crippen LogP contribution in [-0.2, 0) is 24.6 Å². The zero-order valence-corrected chi connectivity index (χ0v) is 19.1. The minimum absolute atomic E-state index is 0.00658. The molecule has 0 aliphatic heterocycles. The third kappa shape index (κ3) is 5.11. The number of carbonyl (C=O) groups excluding carboxylic acids is 3. The second kappa shape index (κ2) is 9.37. The van der Waals surface area contributed by atoms with E-state index in [0.29, 0.717) is 23.0 Å². The highest BCUT2D eigenvalue weighted by atomic mass is 19.4. The van der Waals surface area contributed by atoms with E-state index in [4.69, 9.17) is 15.9 Å². The SMILES string of the molecule is CC(C)[C@](N)(C(N)=O)C(=O)c1ccc(-c2cccc(CNC(=O)c3cc(C(F)(F)F)nn3C)c2)o1. The van der Waals surface area contributed by atoms with Crippen LogP contribution in [0.5, 0.6) is 0 Å². The van der Waals surface area contributed by atoms with Gasteiger partial charge in [-0.05, 0) is 29.7 Å². The van der Waals surface area contributed by atoms with Crippen LogP contribution in [0.25, 0.3) is 11.3 Å². The molecule has 0 unspecified atom stereocenters. The number of carbonyl (C=O) groups is 3. The first kappa shape index (κ1) is 25.7. The van der Waals surface area contributed by atoms with Gasteiger partial charge in [0.25, 0.3) is 5.91 Å². The van der Waals surface area contributed by atoms with Gasteiger partial charge in [-0.25, -0.2) is 0 Å². The molecule has 0 bridgehead atoms. The van der Waals surface area contributed by atoms with Crippen LogP contribution >= 0.6 is 0 Å². The maximum Gasteiger partial charge on any atom is 0.435 e. The molecule has 0 radical (unpaired) electrons. The smallest absolute Gasteiger partial charge is 0.435 e. The average Bonchev–Trinajstić information content (AvgIpc) is 3.43. The van der Waals surface area contributed by atoms with Gasteiger partial charge in [-0.3, -0.25) is 19.1 Å². The van der Waals surface area contributed by atoms with Crippen molar-refractivity contribution in [3.05, 3.63) is 65.2 Å². The summed E-state index contributed by atoms with van der Waals surface area (Å²) in [4.78, 5) is 37.0. The van der Waals surface area contributed by atoms with Crippen LogP contribution in [0.15, 0.2) is 46.9 Å². The Balaban J connectivity index is 1.76. The van der Waals surface area contributed by atoms with E-state index in [1.807, 2.05) is 0 Å². The van der Waals surface area contributed by atoms with Gasteiger partial charge in [-0.15, -0.1) is 0 Å². The number of furan rings is 1. The maximum absolute atomic E-state index is 12.8. The number of primary amides is 1. The van der Waals surface area contributed by atoms with Gasteiger partial charge in [0.05, 0.1) is 0 Å². The molecule has 0 aliphatic carbocycles. The molecule has 1 aromatic carbocycles. The number of hydrogen-bond acceptors (Lipinski definition) is 6. The lowest BCUT2D eigenvalue weighted by atomic mass is 9.82. The van der Waals surface area contributed by atoms with Crippen molar-refractivity contribution >= 4 is 17.6 Å². The van der Waals surface area contributed by atoms with E-state index >= 15 is 0 Å². The molecule has 0 spiro atoms. The topological polar surface area (TPSA) is 146 Å². The first-order chi connectivity index (χ1) is 16.2. The minimum atomic E-state index is -4.66. The Morgan fingerprint density at radius 2 is 1.83 bits per heavy atom. The molecule has 186 valence electrons. The third-order valence-corrected chi connectivity index (χ3v) is 5.59. The van der Waals surface area contributed by atoms with Gasteiger partial charge in [0, 0.05) is 25.2 Å². The number of nitrogens with two attached hydrogens (primary N) is 2. The number of Topliss-reactive ketones (excluding diaryl/α,β-unsaturated/α-hetero) is 1. The highest BCUT2D eigenvalue weighted by Crippen LogP contribution is 2.29. The van der Waals surface area contributed by atoms with Crippen molar-refractivity contribution < 1.29 is 32.0 Å². The summed E-state index contributed by atoms with van der Waals surface area (Å²) in [6.45, 7) is 3.20. The number of nitrogens with one attached hydrogen (secondary N) is 1. The van der Waals surface area contributed by atoms with Crippen molar-refractivity contribution in [1.29, 1.82) is 0 Å². The first-order valence-electron chi connectivity index (χ1n) is 10.5. The van der Waals surface area contributed by atoms with Crippen molar-refractivity contribution in [1.82, 2.24) is 15.1 Å². The molecule has 12 heteroatoms. The zero-order chi connectivity index (χ0) is 26.1. The molecule has 0 aliphatic rings.